The predicted octanol–water partition coefficient (Wildman–Crippen LogP) is 5.01. The number of rotatable bonds is 12. The van der Waals surface area contributed by atoms with Gasteiger partial charge < -0.3 is 5.32 Å². The van der Waals surface area contributed by atoms with Gasteiger partial charge in [0.25, 0.3) is 0 Å². The highest BCUT2D eigenvalue weighted by atomic mass is 14.9. The second-order valence-electron chi connectivity index (χ2n) is 6.54. The van der Waals surface area contributed by atoms with Crippen molar-refractivity contribution in [2.45, 2.75) is 78.6 Å². The van der Waals surface area contributed by atoms with Gasteiger partial charge in [-0.1, -0.05) is 59.3 Å². The molecule has 1 fully saturated rings. The fraction of sp³-hybridized carbons (Fsp3) is 1.00. The van der Waals surface area contributed by atoms with Crippen molar-refractivity contribution in [1.82, 2.24) is 5.32 Å². The molecule has 0 unspecified atom stereocenters. The molecule has 1 N–H and O–H groups in total. The van der Waals surface area contributed by atoms with Crippen LogP contribution < -0.4 is 5.32 Å². The molecule has 18 heavy (non-hydrogen) atoms. The van der Waals surface area contributed by atoms with Crippen LogP contribution in [0.4, 0.5) is 0 Å². The van der Waals surface area contributed by atoms with Gasteiger partial charge in [0.05, 0.1) is 0 Å². The van der Waals surface area contributed by atoms with E-state index in [0.29, 0.717) is 0 Å². The third-order valence-electron chi connectivity index (χ3n) is 4.52. The first-order valence-electron chi connectivity index (χ1n) is 8.46. The van der Waals surface area contributed by atoms with Crippen LogP contribution in [-0.4, -0.2) is 13.1 Å². The molecule has 0 aromatic rings. The molecular formula is C17H35N. The van der Waals surface area contributed by atoms with Gasteiger partial charge in [-0.3, -0.25) is 0 Å². The lowest BCUT2D eigenvalue weighted by Crippen LogP contribution is -2.24. The molecule has 0 aromatic heterocycles. The predicted molar refractivity (Wildman–Crippen MR) is 81.9 cm³/mol. The Morgan fingerprint density at radius 3 is 2.50 bits per heavy atom. The molecule has 0 heterocycles. The molecule has 0 spiro atoms. The number of nitrogens with one attached hydrogen (secondary N) is 1. The van der Waals surface area contributed by atoms with Gasteiger partial charge in [-0.2, -0.15) is 0 Å². The Morgan fingerprint density at radius 1 is 1.11 bits per heavy atom. The van der Waals surface area contributed by atoms with E-state index in [1.807, 2.05) is 0 Å². The lowest BCUT2D eigenvalue weighted by atomic mass is 9.92. The van der Waals surface area contributed by atoms with E-state index in [1.165, 1.54) is 70.9 Å². The summed E-state index contributed by atoms with van der Waals surface area (Å²) in [6.07, 6.45) is 12.8. The summed E-state index contributed by atoms with van der Waals surface area (Å²) in [7, 11) is 0. The maximum atomic E-state index is 3.68. The van der Waals surface area contributed by atoms with Crippen molar-refractivity contribution in [3.8, 4) is 0 Å². The summed E-state index contributed by atoms with van der Waals surface area (Å²) in [6, 6.07) is 0. The smallest absolute Gasteiger partial charge is 0.00206 e. The van der Waals surface area contributed by atoms with Crippen LogP contribution in [0.15, 0.2) is 0 Å². The third-order valence-corrected chi connectivity index (χ3v) is 4.52. The van der Waals surface area contributed by atoms with Crippen LogP contribution in [0.2, 0.25) is 0 Å². The fourth-order valence-corrected chi connectivity index (χ4v) is 2.84. The highest BCUT2D eigenvalue weighted by Crippen LogP contribution is 2.33. The van der Waals surface area contributed by atoms with Crippen LogP contribution >= 0.6 is 0 Å². The first-order chi connectivity index (χ1) is 8.76. The third kappa shape index (κ3) is 8.13. The molecule has 0 amide bonds. The lowest BCUT2D eigenvalue weighted by Gasteiger charge is -2.18. The first-order valence-corrected chi connectivity index (χ1v) is 8.46. The largest absolute Gasteiger partial charge is 0.316 e. The zero-order valence-electron chi connectivity index (χ0n) is 13.0. The second kappa shape index (κ2) is 9.83. The standard InChI is InChI=1S/C17H35N/c1-4-7-15(3)9-10-16(5-2)14-18-13-6-8-17-11-12-17/h15-18H,4-14H2,1-3H3/t15-,16+/m0/s1. The van der Waals surface area contributed by atoms with Gasteiger partial charge in [0.1, 0.15) is 0 Å². The van der Waals surface area contributed by atoms with E-state index >= 15 is 0 Å². The Kier molecular flexibility index (Phi) is 8.75. The molecule has 2 atom stereocenters. The van der Waals surface area contributed by atoms with Crippen LogP contribution in [-0.2, 0) is 0 Å². The molecule has 1 heteroatoms. The maximum absolute atomic E-state index is 3.68. The van der Waals surface area contributed by atoms with Gasteiger partial charge in [0.15, 0.2) is 0 Å². The van der Waals surface area contributed by atoms with Crippen molar-refractivity contribution in [1.29, 1.82) is 0 Å². The van der Waals surface area contributed by atoms with E-state index in [-0.39, 0.29) is 0 Å². The Labute approximate surface area is 115 Å². The summed E-state index contributed by atoms with van der Waals surface area (Å²) in [5.74, 6) is 2.94. The number of hydrogen-bond donors (Lipinski definition) is 1. The minimum Gasteiger partial charge on any atom is -0.316 e. The van der Waals surface area contributed by atoms with Crippen molar-refractivity contribution in [2.75, 3.05) is 13.1 Å². The average molecular weight is 253 g/mol. The SMILES string of the molecule is CCC[C@H](C)CC[C@@H](CC)CNCCCC1CC1. The summed E-state index contributed by atoms with van der Waals surface area (Å²) >= 11 is 0. The van der Waals surface area contributed by atoms with Gasteiger partial charge in [-0.05, 0) is 50.1 Å². The Morgan fingerprint density at radius 2 is 1.89 bits per heavy atom. The average Bonchev–Trinajstić information content (AvgIpc) is 3.17. The minimum absolute atomic E-state index is 0.908. The second-order valence-corrected chi connectivity index (χ2v) is 6.54. The Bertz CT molecular complexity index is 186. The van der Waals surface area contributed by atoms with Gasteiger partial charge >= 0.3 is 0 Å². The molecule has 1 aliphatic rings. The molecule has 0 aromatic carbocycles. The van der Waals surface area contributed by atoms with Crippen molar-refractivity contribution in [2.24, 2.45) is 17.8 Å². The lowest BCUT2D eigenvalue weighted by molar-refractivity contribution is 0.368. The summed E-state index contributed by atoms with van der Waals surface area (Å²) in [4.78, 5) is 0. The summed E-state index contributed by atoms with van der Waals surface area (Å²) in [5, 5.41) is 3.68. The van der Waals surface area contributed by atoms with Crippen LogP contribution in [0.25, 0.3) is 0 Å². The highest BCUT2D eigenvalue weighted by Gasteiger charge is 2.19. The quantitative estimate of drug-likeness (QED) is 0.482. The monoisotopic (exact) mass is 253 g/mol. The Hall–Kier alpha value is -0.0400. The van der Waals surface area contributed by atoms with Gasteiger partial charge in [0, 0.05) is 0 Å². The molecule has 1 rings (SSSR count). The van der Waals surface area contributed by atoms with E-state index in [9.17, 15) is 0 Å². The maximum Gasteiger partial charge on any atom is -0.00206 e. The van der Waals surface area contributed by atoms with E-state index in [1.54, 1.807) is 0 Å². The van der Waals surface area contributed by atoms with Crippen molar-refractivity contribution in [3.05, 3.63) is 0 Å². The molecule has 0 saturated heterocycles. The normalized spacial score (nSPS) is 18.8. The zero-order chi connectivity index (χ0) is 13.2. The molecule has 1 aliphatic carbocycles. The first kappa shape index (κ1) is 16.0. The molecule has 0 aliphatic heterocycles. The van der Waals surface area contributed by atoms with Crippen molar-refractivity contribution < 1.29 is 0 Å². The molecule has 0 radical (unpaired) electrons. The minimum atomic E-state index is 0.908. The van der Waals surface area contributed by atoms with Crippen LogP contribution in [0.3, 0.4) is 0 Å². The van der Waals surface area contributed by atoms with Crippen LogP contribution in [0.1, 0.15) is 78.6 Å². The fourth-order valence-electron chi connectivity index (χ4n) is 2.84. The summed E-state index contributed by atoms with van der Waals surface area (Å²) in [5.41, 5.74) is 0. The van der Waals surface area contributed by atoms with E-state index in [0.717, 1.165) is 17.8 Å². The van der Waals surface area contributed by atoms with Gasteiger partial charge in [-0.25, -0.2) is 0 Å². The molecule has 108 valence electrons. The van der Waals surface area contributed by atoms with Gasteiger partial charge in [0.2, 0.25) is 0 Å². The summed E-state index contributed by atoms with van der Waals surface area (Å²) in [6.45, 7) is 9.56. The van der Waals surface area contributed by atoms with Crippen LogP contribution in [0, 0.1) is 17.8 Å². The molecular weight excluding hydrogens is 218 g/mol. The number of hydrogen-bond acceptors (Lipinski definition) is 1. The summed E-state index contributed by atoms with van der Waals surface area (Å²) < 4.78 is 0. The van der Waals surface area contributed by atoms with E-state index < -0.39 is 0 Å². The van der Waals surface area contributed by atoms with Crippen molar-refractivity contribution in [3.63, 3.8) is 0 Å². The van der Waals surface area contributed by atoms with Crippen LogP contribution in [0.5, 0.6) is 0 Å². The van der Waals surface area contributed by atoms with Crippen molar-refractivity contribution >= 4 is 0 Å². The van der Waals surface area contributed by atoms with E-state index in [4.69, 9.17) is 0 Å². The molecule has 0 bridgehead atoms. The highest BCUT2D eigenvalue weighted by molar-refractivity contribution is 4.73. The molecule has 1 saturated carbocycles. The molecule has 1 nitrogen and oxygen atoms in total. The van der Waals surface area contributed by atoms with E-state index in [2.05, 4.69) is 26.1 Å². The Balaban J connectivity index is 1.94. The topological polar surface area (TPSA) is 12.0 Å². The zero-order valence-corrected chi connectivity index (χ0v) is 13.0. The van der Waals surface area contributed by atoms with Gasteiger partial charge in [-0.15, -0.1) is 0 Å².